The number of aromatic amines is 1. The molecule has 0 radical (unpaired) electrons. The zero-order valence-electron chi connectivity index (χ0n) is 10.3. The topological polar surface area (TPSA) is 44.9 Å². The van der Waals surface area contributed by atoms with Crippen LogP contribution in [0.5, 0.6) is 0 Å². The fourth-order valence-corrected chi connectivity index (χ4v) is 2.85. The third-order valence-electron chi connectivity index (χ3n) is 3.59. The predicted octanol–water partition coefficient (Wildman–Crippen LogP) is 2.79. The predicted molar refractivity (Wildman–Crippen MR) is 76.1 cm³/mol. The van der Waals surface area contributed by atoms with E-state index in [9.17, 15) is 4.79 Å². The molecule has 18 heavy (non-hydrogen) atoms. The summed E-state index contributed by atoms with van der Waals surface area (Å²) in [5, 5.41) is 4.10. The third kappa shape index (κ3) is 2.12. The van der Waals surface area contributed by atoms with Crippen molar-refractivity contribution < 1.29 is 4.79 Å². The number of rotatable bonds is 4. The molecule has 2 N–H and O–H groups in total. The largest absolute Gasteiger partial charge is 0.351 e. The third-order valence-corrected chi connectivity index (χ3v) is 5.01. The standard InChI is InChI=1S/C14H16N2OS/c1-18-14(6-7-14)9-15-13(17)12-8-10-4-2-3-5-11(10)16-12/h2-5,8,16H,6-7,9H2,1H3,(H,15,17). The van der Waals surface area contributed by atoms with Crippen molar-refractivity contribution in [3.05, 3.63) is 36.0 Å². The summed E-state index contributed by atoms with van der Waals surface area (Å²) < 4.78 is 0.307. The van der Waals surface area contributed by atoms with Gasteiger partial charge in [-0.2, -0.15) is 11.8 Å². The second-order valence-corrected chi connectivity index (χ2v) is 6.11. The van der Waals surface area contributed by atoms with Crippen LogP contribution in [0.1, 0.15) is 23.3 Å². The molecule has 0 spiro atoms. The Kier molecular flexibility index (Phi) is 2.82. The molecular formula is C14H16N2OS. The fourth-order valence-electron chi connectivity index (χ4n) is 2.12. The fraction of sp³-hybridized carbons (Fsp3) is 0.357. The summed E-state index contributed by atoms with van der Waals surface area (Å²) in [7, 11) is 0. The van der Waals surface area contributed by atoms with Gasteiger partial charge >= 0.3 is 0 Å². The summed E-state index contributed by atoms with van der Waals surface area (Å²) in [6.07, 6.45) is 4.53. The molecule has 3 nitrogen and oxygen atoms in total. The van der Waals surface area contributed by atoms with Crippen LogP contribution in [0.4, 0.5) is 0 Å². The highest BCUT2D eigenvalue weighted by Crippen LogP contribution is 2.46. The van der Waals surface area contributed by atoms with Crippen molar-refractivity contribution in [2.75, 3.05) is 12.8 Å². The summed E-state index contributed by atoms with van der Waals surface area (Å²) in [5.41, 5.74) is 1.65. The number of amides is 1. The Balaban J connectivity index is 1.72. The highest BCUT2D eigenvalue weighted by Gasteiger charge is 2.41. The van der Waals surface area contributed by atoms with Gasteiger partial charge in [-0.3, -0.25) is 4.79 Å². The van der Waals surface area contributed by atoms with Crippen molar-refractivity contribution in [1.82, 2.24) is 10.3 Å². The van der Waals surface area contributed by atoms with Gasteiger partial charge in [0.2, 0.25) is 0 Å². The number of para-hydroxylation sites is 1. The van der Waals surface area contributed by atoms with E-state index in [-0.39, 0.29) is 5.91 Å². The molecule has 0 bridgehead atoms. The van der Waals surface area contributed by atoms with Crippen LogP contribution in [0.3, 0.4) is 0 Å². The maximum atomic E-state index is 12.1. The minimum absolute atomic E-state index is 0.00785. The molecular weight excluding hydrogens is 244 g/mol. The zero-order chi connectivity index (χ0) is 12.6. The van der Waals surface area contributed by atoms with Crippen LogP contribution < -0.4 is 5.32 Å². The molecule has 2 aromatic rings. The van der Waals surface area contributed by atoms with Gasteiger partial charge < -0.3 is 10.3 Å². The lowest BCUT2D eigenvalue weighted by Crippen LogP contribution is -2.31. The Morgan fingerprint density at radius 3 is 2.89 bits per heavy atom. The van der Waals surface area contributed by atoms with Crippen LogP contribution in [-0.2, 0) is 0 Å². The van der Waals surface area contributed by atoms with Gasteiger partial charge in [0.1, 0.15) is 5.69 Å². The number of H-pyrrole nitrogens is 1. The lowest BCUT2D eigenvalue weighted by molar-refractivity contribution is 0.0949. The van der Waals surface area contributed by atoms with E-state index >= 15 is 0 Å². The van der Waals surface area contributed by atoms with Gasteiger partial charge in [-0.1, -0.05) is 18.2 Å². The van der Waals surface area contributed by atoms with Crippen LogP contribution in [0.15, 0.2) is 30.3 Å². The van der Waals surface area contributed by atoms with Gasteiger partial charge in [-0.25, -0.2) is 0 Å². The van der Waals surface area contributed by atoms with Crippen molar-refractivity contribution in [2.24, 2.45) is 0 Å². The first-order chi connectivity index (χ1) is 8.72. The number of nitrogens with one attached hydrogen (secondary N) is 2. The number of hydrogen-bond acceptors (Lipinski definition) is 2. The molecule has 4 heteroatoms. The molecule has 3 rings (SSSR count). The normalized spacial score (nSPS) is 16.7. The second-order valence-electron chi connectivity index (χ2n) is 4.84. The minimum atomic E-state index is -0.00785. The molecule has 1 heterocycles. The monoisotopic (exact) mass is 260 g/mol. The van der Waals surface area contributed by atoms with Crippen LogP contribution >= 0.6 is 11.8 Å². The Bertz CT molecular complexity index is 553. The van der Waals surface area contributed by atoms with Crippen LogP contribution in [0.2, 0.25) is 0 Å². The van der Waals surface area contributed by atoms with E-state index < -0.39 is 0 Å². The minimum Gasteiger partial charge on any atom is -0.351 e. The number of aromatic nitrogens is 1. The maximum Gasteiger partial charge on any atom is 0.267 e. The molecule has 0 atom stereocenters. The molecule has 1 saturated carbocycles. The van der Waals surface area contributed by atoms with Crippen molar-refractivity contribution in [1.29, 1.82) is 0 Å². The lowest BCUT2D eigenvalue weighted by atomic mass is 10.2. The molecule has 0 aliphatic heterocycles. The Hall–Kier alpha value is -1.42. The molecule has 1 aromatic heterocycles. The van der Waals surface area contributed by atoms with Crippen molar-refractivity contribution >= 4 is 28.6 Å². The SMILES string of the molecule is CSC1(CNC(=O)c2cc3ccccc3[nH]2)CC1. The first-order valence-electron chi connectivity index (χ1n) is 6.14. The van der Waals surface area contributed by atoms with E-state index in [4.69, 9.17) is 0 Å². The van der Waals surface area contributed by atoms with Gasteiger partial charge in [-0.15, -0.1) is 0 Å². The number of benzene rings is 1. The lowest BCUT2D eigenvalue weighted by Gasteiger charge is -2.12. The summed E-state index contributed by atoms with van der Waals surface area (Å²) in [4.78, 5) is 15.2. The smallest absolute Gasteiger partial charge is 0.267 e. The van der Waals surface area contributed by atoms with Crippen molar-refractivity contribution in [3.63, 3.8) is 0 Å². The van der Waals surface area contributed by atoms with Gasteiger partial charge in [0.15, 0.2) is 0 Å². The van der Waals surface area contributed by atoms with E-state index in [2.05, 4.69) is 16.6 Å². The zero-order valence-corrected chi connectivity index (χ0v) is 11.1. The number of carbonyl (C=O) groups is 1. The van der Waals surface area contributed by atoms with Gasteiger partial charge in [0, 0.05) is 22.2 Å². The molecule has 1 aliphatic rings. The van der Waals surface area contributed by atoms with E-state index in [1.54, 1.807) is 0 Å². The number of hydrogen-bond donors (Lipinski definition) is 2. The highest BCUT2D eigenvalue weighted by atomic mass is 32.2. The summed E-state index contributed by atoms with van der Waals surface area (Å²) in [6, 6.07) is 9.84. The average molecular weight is 260 g/mol. The summed E-state index contributed by atoms with van der Waals surface area (Å²) >= 11 is 1.86. The average Bonchev–Trinajstić information content (AvgIpc) is 3.05. The van der Waals surface area contributed by atoms with Gasteiger partial charge in [0.05, 0.1) is 0 Å². The molecule has 1 fully saturated rings. The first-order valence-corrected chi connectivity index (χ1v) is 7.36. The molecule has 94 valence electrons. The van der Waals surface area contributed by atoms with E-state index in [0.717, 1.165) is 17.4 Å². The van der Waals surface area contributed by atoms with E-state index in [1.807, 2.05) is 42.1 Å². The highest BCUT2D eigenvalue weighted by molar-refractivity contribution is 8.00. The van der Waals surface area contributed by atoms with Crippen molar-refractivity contribution in [2.45, 2.75) is 17.6 Å². The summed E-state index contributed by atoms with van der Waals surface area (Å²) in [6.45, 7) is 0.766. The van der Waals surface area contributed by atoms with Gasteiger partial charge in [-0.05, 0) is 31.2 Å². The maximum absolute atomic E-state index is 12.1. The Labute approximate surface area is 110 Å². The van der Waals surface area contributed by atoms with E-state index in [1.165, 1.54) is 12.8 Å². The summed E-state index contributed by atoms with van der Waals surface area (Å²) in [5.74, 6) is -0.00785. The first kappa shape index (κ1) is 11.7. The molecule has 0 unspecified atom stereocenters. The van der Waals surface area contributed by atoms with Crippen LogP contribution in [0, 0.1) is 0 Å². The second kappa shape index (κ2) is 4.35. The number of thioether (sulfide) groups is 1. The Morgan fingerprint density at radius 1 is 1.44 bits per heavy atom. The molecule has 1 aliphatic carbocycles. The molecule has 1 amide bonds. The van der Waals surface area contributed by atoms with E-state index in [0.29, 0.717) is 10.4 Å². The quantitative estimate of drug-likeness (QED) is 0.888. The van der Waals surface area contributed by atoms with Crippen LogP contribution in [-0.4, -0.2) is 28.4 Å². The number of carbonyl (C=O) groups excluding carboxylic acids is 1. The van der Waals surface area contributed by atoms with Crippen LogP contribution in [0.25, 0.3) is 10.9 Å². The Morgan fingerprint density at radius 2 is 2.22 bits per heavy atom. The molecule has 1 aromatic carbocycles. The van der Waals surface area contributed by atoms with Crippen molar-refractivity contribution in [3.8, 4) is 0 Å². The number of fused-ring (bicyclic) bond motifs is 1. The molecule has 0 saturated heterocycles. The van der Waals surface area contributed by atoms with Gasteiger partial charge in [0.25, 0.3) is 5.91 Å².